The van der Waals surface area contributed by atoms with Gasteiger partial charge in [-0.25, -0.2) is 9.67 Å². The molecule has 8 heteroatoms. The first-order chi connectivity index (χ1) is 13.2. The van der Waals surface area contributed by atoms with Gasteiger partial charge in [-0.2, -0.15) is 5.10 Å². The van der Waals surface area contributed by atoms with E-state index in [1.165, 1.54) is 5.56 Å². The first-order valence-corrected chi connectivity index (χ1v) is 10.6. The molecule has 154 valence electrons. The van der Waals surface area contributed by atoms with Gasteiger partial charge in [-0.3, -0.25) is 4.99 Å². The van der Waals surface area contributed by atoms with Crippen molar-refractivity contribution in [1.29, 1.82) is 0 Å². The topological polar surface area (TPSA) is 67.1 Å². The lowest BCUT2D eigenvalue weighted by Crippen LogP contribution is -2.47. The predicted octanol–water partition coefficient (Wildman–Crippen LogP) is 3.80. The standard InChI is InChI=1S/C20H29BrN6.HI/c1-3-15(10-16-6-5-7-17(21)11-16)12-23-20(22-4-2)26-18-8-9-19-24-14-25-27(19)13-18;/h5-7,11,14-15,18H,3-4,8-10,12-13H2,1-2H3,(H2,22,23,26);1H. The van der Waals surface area contributed by atoms with Crippen LogP contribution in [-0.4, -0.2) is 39.9 Å². The fraction of sp³-hybridized carbons (Fsp3) is 0.550. The third kappa shape index (κ3) is 6.72. The van der Waals surface area contributed by atoms with E-state index in [0.29, 0.717) is 12.0 Å². The summed E-state index contributed by atoms with van der Waals surface area (Å²) in [6.07, 6.45) is 5.81. The number of nitrogens with one attached hydrogen (secondary N) is 2. The van der Waals surface area contributed by atoms with Crippen molar-refractivity contribution in [3.63, 3.8) is 0 Å². The fourth-order valence-corrected chi connectivity index (χ4v) is 3.87. The van der Waals surface area contributed by atoms with Crippen molar-refractivity contribution in [2.45, 2.75) is 52.1 Å². The van der Waals surface area contributed by atoms with Crippen LogP contribution in [0.1, 0.15) is 38.1 Å². The Labute approximate surface area is 193 Å². The number of hydrogen-bond donors (Lipinski definition) is 2. The molecule has 2 atom stereocenters. The van der Waals surface area contributed by atoms with Crippen LogP contribution in [0.25, 0.3) is 0 Å². The molecular formula is C20H30BrIN6. The van der Waals surface area contributed by atoms with Crippen LogP contribution >= 0.6 is 39.9 Å². The van der Waals surface area contributed by atoms with Gasteiger partial charge in [0.1, 0.15) is 12.2 Å². The normalized spacial score (nSPS) is 17.4. The molecule has 1 aliphatic heterocycles. The predicted molar refractivity (Wildman–Crippen MR) is 128 cm³/mol. The molecule has 1 aromatic carbocycles. The summed E-state index contributed by atoms with van der Waals surface area (Å²) in [5.74, 6) is 2.51. The number of guanidine groups is 1. The molecule has 0 saturated carbocycles. The van der Waals surface area contributed by atoms with Gasteiger partial charge >= 0.3 is 0 Å². The number of halogens is 2. The maximum Gasteiger partial charge on any atom is 0.191 e. The molecule has 0 aliphatic carbocycles. The van der Waals surface area contributed by atoms with E-state index in [9.17, 15) is 0 Å². The lowest BCUT2D eigenvalue weighted by atomic mass is 9.97. The van der Waals surface area contributed by atoms with Crippen LogP contribution in [0.15, 0.2) is 40.1 Å². The first kappa shape index (κ1) is 23.1. The molecule has 2 aromatic rings. The smallest absolute Gasteiger partial charge is 0.191 e. The number of fused-ring (bicyclic) bond motifs is 1. The number of aryl methyl sites for hydroxylation is 1. The first-order valence-electron chi connectivity index (χ1n) is 9.83. The zero-order chi connectivity index (χ0) is 19.1. The quantitative estimate of drug-likeness (QED) is 0.307. The zero-order valence-electron chi connectivity index (χ0n) is 16.6. The van der Waals surface area contributed by atoms with Crippen molar-refractivity contribution >= 4 is 45.9 Å². The van der Waals surface area contributed by atoms with Gasteiger partial charge in [-0.1, -0.05) is 41.4 Å². The number of nitrogens with zero attached hydrogens (tertiary/aromatic N) is 4. The largest absolute Gasteiger partial charge is 0.357 e. The van der Waals surface area contributed by atoms with Gasteiger partial charge in [-0.05, 0) is 43.4 Å². The lowest BCUT2D eigenvalue weighted by molar-refractivity contribution is 0.392. The highest BCUT2D eigenvalue weighted by molar-refractivity contribution is 14.0. The average molecular weight is 561 g/mol. The molecule has 0 bridgehead atoms. The second-order valence-corrected chi connectivity index (χ2v) is 7.98. The summed E-state index contributed by atoms with van der Waals surface area (Å²) in [5.41, 5.74) is 1.36. The molecule has 0 fully saturated rings. The Morgan fingerprint density at radius 3 is 3.00 bits per heavy atom. The summed E-state index contributed by atoms with van der Waals surface area (Å²) in [4.78, 5) is 9.18. The molecule has 2 N–H and O–H groups in total. The molecule has 0 amide bonds. The third-order valence-electron chi connectivity index (χ3n) is 4.99. The number of benzene rings is 1. The molecule has 2 unspecified atom stereocenters. The molecule has 28 heavy (non-hydrogen) atoms. The number of aliphatic imine (C=N–C) groups is 1. The van der Waals surface area contributed by atoms with Crippen LogP contribution in [0.4, 0.5) is 0 Å². The molecule has 0 spiro atoms. The van der Waals surface area contributed by atoms with E-state index in [1.54, 1.807) is 6.33 Å². The van der Waals surface area contributed by atoms with Crippen molar-refractivity contribution in [2.75, 3.05) is 13.1 Å². The summed E-state index contributed by atoms with van der Waals surface area (Å²) in [6, 6.07) is 8.90. The summed E-state index contributed by atoms with van der Waals surface area (Å²) in [5, 5.41) is 11.3. The second kappa shape index (κ2) is 11.7. The Kier molecular flexibility index (Phi) is 9.70. The monoisotopic (exact) mass is 560 g/mol. The zero-order valence-corrected chi connectivity index (χ0v) is 20.5. The Bertz CT molecular complexity index is 763. The highest BCUT2D eigenvalue weighted by atomic mass is 127. The van der Waals surface area contributed by atoms with Crippen LogP contribution in [0.2, 0.25) is 0 Å². The van der Waals surface area contributed by atoms with Crippen LogP contribution in [0.3, 0.4) is 0 Å². The maximum atomic E-state index is 4.88. The molecule has 1 aromatic heterocycles. The van der Waals surface area contributed by atoms with Gasteiger partial charge in [0, 0.05) is 30.0 Å². The van der Waals surface area contributed by atoms with Crippen LogP contribution in [0, 0.1) is 5.92 Å². The minimum Gasteiger partial charge on any atom is -0.357 e. The SMILES string of the molecule is CCNC(=NCC(CC)Cc1cccc(Br)c1)NC1CCc2ncnn2C1.I. The summed E-state index contributed by atoms with van der Waals surface area (Å²) >= 11 is 3.56. The van der Waals surface area contributed by atoms with E-state index < -0.39 is 0 Å². The van der Waals surface area contributed by atoms with Crippen LogP contribution < -0.4 is 10.6 Å². The van der Waals surface area contributed by atoms with Gasteiger partial charge in [0.25, 0.3) is 0 Å². The van der Waals surface area contributed by atoms with Gasteiger partial charge < -0.3 is 10.6 Å². The van der Waals surface area contributed by atoms with E-state index in [-0.39, 0.29) is 24.0 Å². The van der Waals surface area contributed by atoms with E-state index in [0.717, 1.165) is 61.6 Å². The van der Waals surface area contributed by atoms with Crippen molar-refractivity contribution < 1.29 is 0 Å². The van der Waals surface area contributed by atoms with Crippen LogP contribution in [-0.2, 0) is 19.4 Å². The highest BCUT2D eigenvalue weighted by Gasteiger charge is 2.20. The van der Waals surface area contributed by atoms with Crippen molar-refractivity contribution in [3.8, 4) is 0 Å². The van der Waals surface area contributed by atoms with Crippen LogP contribution in [0.5, 0.6) is 0 Å². The summed E-state index contributed by atoms with van der Waals surface area (Å²) < 4.78 is 3.13. The molecule has 0 radical (unpaired) electrons. The maximum absolute atomic E-state index is 4.88. The van der Waals surface area contributed by atoms with Gasteiger partial charge in [0.2, 0.25) is 0 Å². The molecular weight excluding hydrogens is 531 g/mol. The minimum atomic E-state index is 0. The van der Waals surface area contributed by atoms with Gasteiger partial charge in [0.05, 0.1) is 6.54 Å². The van der Waals surface area contributed by atoms with Crippen molar-refractivity contribution in [1.82, 2.24) is 25.4 Å². The van der Waals surface area contributed by atoms with Crippen molar-refractivity contribution in [2.24, 2.45) is 10.9 Å². The summed E-state index contributed by atoms with van der Waals surface area (Å²) in [6.45, 7) is 6.86. The lowest BCUT2D eigenvalue weighted by Gasteiger charge is -2.25. The van der Waals surface area contributed by atoms with E-state index in [4.69, 9.17) is 4.99 Å². The fourth-order valence-electron chi connectivity index (χ4n) is 3.42. The molecule has 2 heterocycles. The van der Waals surface area contributed by atoms with Gasteiger partial charge in [0.15, 0.2) is 5.96 Å². The van der Waals surface area contributed by atoms with Gasteiger partial charge in [-0.15, -0.1) is 24.0 Å². The molecule has 6 nitrogen and oxygen atoms in total. The number of rotatable bonds is 7. The number of aromatic nitrogens is 3. The Balaban J connectivity index is 0.00000280. The Morgan fingerprint density at radius 1 is 1.39 bits per heavy atom. The minimum absolute atomic E-state index is 0. The third-order valence-corrected chi connectivity index (χ3v) is 5.48. The van der Waals surface area contributed by atoms with E-state index >= 15 is 0 Å². The van der Waals surface area contributed by atoms with E-state index in [1.807, 2.05) is 4.68 Å². The molecule has 3 rings (SSSR count). The Morgan fingerprint density at radius 2 is 2.25 bits per heavy atom. The molecule has 0 saturated heterocycles. The van der Waals surface area contributed by atoms with Crippen molar-refractivity contribution in [3.05, 3.63) is 46.5 Å². The second-order valence-electron chi connectivity index (χ2n) is 7.07. The molecule has 1 aliphatic rings. The van der Waals surface area contributed by atoms with E-state index in [2.05, 4.69) is 74.8 Å². The number of hydrogen-bond acceptors (Lipinski definition) is 3. The average Bonchev–Trinajstić information content (AvgIpc) is 3.13. The Hall–Kier alpha value is -1.16. The summed E-state index contributed by atoms with van der Waals surface area (Å²) in [7, 11) is 0. The highest BCUT2D eigenvalue weighted by Crippen LogP contribution is 2.17.